The van der Waals surface area contributed by atoms with Gasteiger partial charge >= 0.3 is 39.5 Å². The molecule has 0 heterocycles. The molecule has 17 nitrogen and oxygen atoms in total. The molecule has 0 aromatic rings. The van der Waals surface area contributed by atoms with Crippen molar-refractivity contribution in [3.63, 3.8) is 0 Å². The Balaban J connectivity index is 5.24. The van der Waals surface area contributed by atoms with E-state index in [9.17, 15) is 43.2 Å². The molecule has 7 atom stereocenters. The molecule has 0 rings (SSSR count). The number of unbranched alkanes of at least 4 members (excludes halogenated alkanes) is 41. The summed E-state index contributed by atoms with van der Waals surface area (Å²) >= 11 is 0. The number of aliphatic hydroxyl groups excluding tert-OH is 1. The largest absolute Gasteiger partial charge is 0.472 e. The van der Waals surface area contributed by atoms with Gasteiger partial charge in [-0.25, -0.2) is 9.13 Å². The maximum Gasteiger partial charge on any atom is 0.472 e. The van der Waals surface area contributed by atoms with Crippen molar-refractivity contribution >= 4 is 39.5 Å². The summed E-state index contributed by atoms with van der Waals surface area (Å²) in [5, 5.41) is 10.6. The van der Waals surface area contributed by atoms with Crippen LogP contribution in [0.4, 0.5) is 0 Å². The predicted octanol–water partition coefficient (Wildman–Crippen LogP) is 23.6. The van der Waals surface area contributed by atoms with Crippen LogP contribution in [0, 0.1) is 23.7 Å². The van der Waals surface area contributed by atoms with Crippen LogP contribution >= 0.6 is 15.6 Å². The van der Waals surface area contributed by atoms with Gasteiger partial charge in [0.05, 0.1) is 26.4 Å². The van der Waals surface area contributed by atoms with E-state index in [1.54, 1.807) is 0 Å². The number of carbonyl (C=O) groups is 4. The van der Waals surface area contributed by atoms with Crippen molar-refractivity contribution in [2.45, 2.75) is 427 Å². The molecule has 0 fully saturated rings. The van der Waals surface area contributed by atoms with Gasteiger partial charge in [0, 0.05) is 25.7 Å². The lowest BCUT2D eigenvalue weighted by atomic mass is 9.99. The molecule has 0 aliphatic heterocycles. The summed E-state index contributed by atoms with van der Waals surface area (Å²) in [5.41, 5.74) is 0. The van der Waals surface area contributed by atoms with Crippen molar-refractivity contribution in [3.05, 3.63) is 0 Å². The number of hydrogen-bond donors (Lipinski definition) is 3. The molecular weight excluding hydrogens is 1290 g/mol. The molecule has 0 bridgehead atoms. The third-order valence-corrected chi connectivity index (χ3v) is 21.2. The van der Waals surface area contributed by atoms with E-state index in [1.165, 1.54) is 205 Å². The first-order chi connectivity index (χ1) is 47.7. The van der Waals surface area contributed by atoms with E-state index >= 15 is 0 Å². The molecular formula is C80H156O17P2. The fourth-order valence-corrected chi connectivity index (χ4v) is 13.8. The SMILES string of the molecule is CCC(C)CCCCCCCCCCCCC(=O)O[C@H](COC(=O)CCCCCCCCCCCCCCCCC(C)C)COP(=O)(O)OC[C@@H](O)COP(=O)(O)OC[C@@H](COC(=O)CCCCCCCCC(C)CC)OC(=O)CCCCCCCCCCCCCCCCCC(C)C. The molecule has 0 aromatic carbocycles. The zero-order valence-electron chi connectivity index (χ0n) is 65.1. The van der Waals surface area contributed by atoms with Gasteiger partial charge in [0.25, 0.3) is 0 Å². The highest BCUT2D eigenvalue weighted by atomic mass is 31.2. The van der Waals surface area contributed by atoms with Gasteiger partial charge in [0.1, 0.15) is 19.3 Å². The van der Waals surface area contributed by atoms with E-state index in [-0.39, 0.29) is 25.7 Å². The van der Waals surface area contributed by atoms with Crippen LogP contribution < -0.4 is 0 Å². The number of carbonyl (C=O) groups excluding carboxylic acids is 4. The third kappa shape index (κ3) is 71.5. The summed E-state index contributed by atoms with van der Waals surface area (Å²) in [5.74, 6) is 1.02. The second kappa shape index (κ2) is 69.1. The highest BCUT2D eigenvalue weighted by molar-refractivity contribution is 7.47. The Bertz CT molecular complexity index is 1940. The average Bonchev–Trinajstić information content (AvgIpc) is 2.71. The highest BCUT2D eigenvalue weighted by Gasteiger charge is 2.30. The Morgan fingerprint density at radius 3 is 0.717 bits per heavy atom. The summed E-state index contributed by atoms with van der Waals surface area (Å²) in [6, 6.07) is 0. The van der Waals surface area contributed by atoms with E-state index in [4.69, 9.17) is 37.0 Å². The molecule has 0 amide bonds. The molecule has 0 aliphatic rings. The van der Waals surface area contributed by atoms with E-state index in [0.717, 1.165) is 120 Å². The molecule has 0 spiro atoms. The van der Waals surface area contributed by atoms with Gasteiger partial charge in [-0.2, -0.15) is 0 Å². The molecule has 4 unspecified atom stereocenters. The molecule has 19 heteroatoms. The summed E-state index contributed by atoms with van der Waals surface area (Å²) in [7, 11) is -9.92. The number of rotatable bonds is 77. The van der Waals surface area contributed by atoms with Crippen LogP contribution in [0.2, 0.25) is 0 Å². The quantitative estimate of drug-likeness (QED) is 0.0222. The molecule has 99 heavy (non-hydrogen) atoms. The standard InChI is InChI=1S/C80H156O17P2/c1-9-72(7)58-50-42-34-28-24-25-31-37-47-55-63-80(85)96-75(66-90-77(82)60-52-44-35-29-22-18-15-14-17-21-27-33-41-49-57-71(5)6)68-94-98(86,87)92-64-74(81)65-93-99(88,89)95-69-76(67-91-78(83)61-53-45-39-38-43-51-59-73(8)10-2)97-79(84)62-54-46-36-30-23-19-13-11-12-16-20-26-32-40-48-56-70(3)4/h70-76,81H,9-69H2,1-8H3,(H,86,87)(H,88,89)/t72?,73?,74-,75-,76-/m1/s1. The van der Waals surface area contributed by atoms with Gasteiger partial charge in [-0.15, -0.1) is 0 Å². The van der Waals surface area contributed by atoms with E-state index in [0.29, 0.717) is 25.7 Å². The van der Waals surface area contributed by atoms with Gasteiger partial charge < -0.3 is 33.8 Å². The number of aliphatic hydroxyl groups is 1. The zero-order chi connectivity index (χ0) is 73.1. The summed E-state index contributed by atoms with van der Waals surface area (Å²) < 4.78 is 68.7. The fourth-order valence-electron chi connectivity index (χ4n) is 12.2. The van der Waals surface area contributed by atoms with Crippen molar-refractivity contribution in [2.24, 2.45) is 23.7 Å². The van der Waals surface area contributed by atoms with Crippen LogP contribution in [0.25, 0.3) is 0 Å². The van der Waals surface area contributed by atoms with Gasteiger partial charge in [0.2, 0.25) is 0 Å². The number of ether oxygens (including phenoxy) is 4. The molecule has 0 aliphatic carbocycles. The highest BCUT2D eigenvalue weighted by Crippen LogP contribution is 2.45. The van der Waals surface area contributed by atoms with Gasteiger partial charge in [-0.1, -0.05) is 357 Å². The van der Waals surface area contributed by atoms with E-state index in [2.05, 4.69) is 55.4 Å². The van der Waals surface area contributed by atoms with Crippen molar-refractivity contribution in [1.82, 2.24) is 0 Å². The number of phosphoric ester groups is 2. The van der Waals surface area contributed by atoms with E-state index < -0.39 is 97.5 Å². The van der Waals surface area contributed by atoms with Crippen LogP contribution in [0.5, 0.6) is 0 Å². The number of phosphoric acid groups is 2. The predicted molar refractivity (Wildman–Crippen MR) is 404 cm³/mol. The van der Waals surface area contributed by atoms with Gasteiger partial charge in [-0.3, -0.25) is 37.3 Å². The van der Waals surface area contributed by atoms with Crippen molar-refractivity contribution in [1.29, 1.82) is 0 Å². The lowest BCUT2D eigenvalue weighted by molar-refractivity contribution is -0.161. The monoisotopic (exact) mass is 1450 g/mol. The Kier molecular flexibility index (Phi) is 67.8. The molecule has 3 N–H and O–H groups in total. The lowest BCUT2D eigenvalue weighted by Gasteiger charge is -2.21. The van der Waals surface area contributed by atoms with Crippen LogP contribution in [0.1, 0.15) is 409 Å². The Hall–Kier alpha value is -1.94. The Morgan fingerprint density at radius 2 is 0.485 bits per heavy atom. The average molecular weight is 1450 g/mol. The topological polar surface area (TPSA) is 237 Å². The molecule has 588 valence electrons. The van der Waals surface area contributed by atoms with Crippen LogP contribution in [-0.2, 0) is 65.4 Å². The second-order valence-corrected chi connectivity index (χ2v) is 33.1. The van der Waals surface area contributed by atoms with Crippen LogP contribution in [0.3, 0.4) is 0 Å². The molecule has 0 radical (unpaired) electrons. The van der Waals surface area contributed by atoms with Crippen molar-refractivity contribution in [2.75, 3.05) is 39.6 Å². The van der Waals surface area contributed by atoms with E-state index in [1.807, 2.05) is 0 Å². The number of hydrogen-bond acceptors (Lipinski definition) is 15. The first kappa shape index (κ1) is 97.1. The number of esters is 4. The minimum atomic E-state index is -4.96. The first-order valence-electron chi connectivity index (χ1n) is 41.3. The summed E-state index contributed by atoms with van der Waals surface area (Å²) in [4.78, 5) is 73.0. The minimum absolute atomic E-state index is 0.106. The Morgan fingerprint density at radius 1 is 0.283 bits per heavy atom. The minimum Gasteiger partial charge on any atom is -0.462 e. The maximum absolute atomic E-state index is 13.1. The van der Waals surface area contributed by atoms with Crippen LogP contribution in [-0.4, -0.2) is 96.7 Å². The normalized spacial score (nSPS) is 14.6. The van der Waals surface area contributed by atoms with Crippen LogP contribution in [0.15, 0.2) is 0 Å². The Labute approximate surface area is 607 Å². The summed E-state index contributed by atoms with van der Waals surface area (Å²) in [6.45, 7) is 14.3. The third-order valence-electron chi connectivity index (χ3n) is 19.3. The fraction of sp³-hybridized carbons (Fsp3) is 0.950. The summed E-state index contributed by atoms with van der Waals surface area (Å²) in [6.07, 6.45) is 55.4. The van der Waals surface area contributed by atoms with Gasteiger partial charge in [0.15, 0.2) is 12.2 Å². The first-order valence-corrected chi connectivity index (χ1v) is 44.3. The lowest BCUT2D eigenvalue weighted by Crippen LogP contribution is -2.30. The smallest absolute Gasteiger partial charge is 0.462 e. The molecule has 0 saturated heterocycles. The molecule has 0 aromatic heterocycles. The van der Waals surface area contributed by atoms with Gasteiger partial charge in [-0.05, 0) is 49.4 Å². The van der Waals surface area contributed by atoms with Crippen molar-refractivity contribution in [3.8, 4) is 0 Å². The second-order valence-electron chi connectivity index (χ2n) is 30.2. The zero-order valence-corrected chi connectivity index (χ0v) is 66.9. The maximum atomic E-state index is 13.1. The molecule has 0 saturated carbocycles. The van der Waals surface area contributed by atoms with Crippen molar-refractivity contribution < 1.29 is 80.2 Å².